The number of rotatable bonds is 7. The average molecular weight is 394 g/mol. The van der Waals surface area contributed by atoms with Crippen molar-refractivity contribution in [2.24, 2.45) is 0 Å². The third-order valence-corrected chi connectivity index (χ3v) is 6.66. The molecule has 3 rings (SSSR count). The first-order valence-electron chi connectivity index (χ1n) is 7.82. The maximum Gasteiger partial charge on any atom is 0.232 e. The summed E-state index contributed by atoms with van der Waals surface area (Å²) in [6, 6.07) is 8.15. The first-order valence-corrected chi connectivity index (χ1v) is 10.6. The standard InChI is InChI=1S/C16H19N5OS3/c1-4-21-13(18-19-15(21)23-10-14(22)20(2)3)9-24-16-17-11-7-5-6-8-12(11)25-16/h5-8H,4,9-10H2,1-3H3. The number of nitrogens with zero attached hydrogens (tertiary/aromatic N) is 5. The molecule has 0 saturated carbocycles. The number of hydrogen-bond acceptors (Lipinski definition) is 7. The molecule has 0 aliphatic heterocycles. The summed E-state index contributed by atoms with van der Waals surface area (Å²) in [6.45, 7) is 2.84. The van der Waals surface area contributed by atoms with Crippen molar-refractivity contribution in [3.63, 3.8) is 0 Å². The monoisotopic (exact) mass is 393 g/mol. The van der Waals surface area contributed by atoms with Crippen LogP contribution in [0.4, 0.5) is 0 Å². The SMILES string of the molecule is CCn1c(CSc2nc3ccccc3s2)nnc1SCC(=O)N(C)C. The van der Waals surface area contributed by atoms with Crippen LogP contribution >= 0.6 is 34.9 Å². The van der Waals surface area contributed by atoms with Crippen LogP contribution in [0.15, 0.2) is 33.8 Å². The van der Waals surface area contributed by atoms with Gasteiger partial charge in [-0.05, 0) is 19.1 Å². The lowest BCUT2D eigenvalue weighted by Gasteiger charge is -2.10. The summed E-state index contributed by atoms with van der Waals surface area (Å²) >= 11 is 4.79. The maximum absolute atomic E-state index is 11.8. The van der Waals surface area contributed by atoms with Gasteiger partial charge in [0.05, 0.1) is 21.7 Å². The van der Waals surface area contributed by atoms with E-state index in [1.165, 1.54) is 16.5 Å². The number of aromatic nitrogens is 4. The van der Waals surface area contributed by atoms with Gasteiger partial charge in [0.1, 0.15) is 5.82 Å². The van der Waals surface area contributed by atoms with Crippen molar-refractivity contribution in [1.82, 2.24) is 24.6 Å². The number of hydrogen-bond donors (Lipinski definition) is 0. The molecule has 0 N–H and O–H groups in total. The Labute approximate surface area is 159 Å². The molecule has 0 saturated heterocycles. The van der Waals surface area contributed by atoms with Gasteiger partial charge < -0.3 is 9.47 Å². The van der Waals surface area contributed by atoms with Gasteiger partial charge in [0.25, 0.3) is 0 Å². The van der Waals surface area contributed by atoms with Gasteiger partial charge in [0.2, 0.25) is 5.91 Å². The Kier molecular flexibility index (Phi) is 5.98. The van der Waals surface area contributed by atoms with Gasteiger partial charge in [-0.3, -0.25) is 4.79 Å². The van der Waals surface area contributed by atoms with Crippen molar-refractivity contribution in [2.45, 2.75) is 28.7 Å². The Morgan fingerprint density at radius 2 is 2.04 bits per heavy atom. The highest BCUT2D eigenvalue weighted by molar-refractivity contribution is 8.00. The summed E-state index contributed by atoms with van der Waals surface area (Å²) in [6.07, 6.45) is 0. The fourth-order valence-electron chi connectivity index (χ4n) is 2.14. The van der Waals surface area contributed by atoms with E-state index in [1.54, 1.807) is 42.1 Å². The average Bonchev–Trinajstić information content (AvgIpc) is 3.20. The van der Waals surface area contributed by atoms with Crippen LogP contribution in [-0.2, 0) is 17.1 Å². The van der Waals surface area contributed by atoms with Crippen LogP contribution in [0.3, 0.4) is 0 Å². The van der Waals surface area contributed by atoms with E-state index in [1.807, 2.05) is 18.2 Å². The van der Waals surface area contributed by atoms with Gasteiger partial charge in [-0.1, -0.05) is 35.7 Å². The Morgan fingerprint density at radius 1 is 1.24 bits per heavy atom. The van der Waals surface area contributed by atoms with Gasteiger partial charge in [0, 0.05) is 20.6 Å². The lowest BCUT2D eigenvalue weighted by atomic mass is 10.3. The summed E-state index contributed by atoms with van der Waals surface area (Å²) < 4.78 is 4.29. The van der Waals surface area contributed by atoms with Crippen molar-refractivity contribution in [1.29, 1.82) is 0 Å². The van der Waals surface area contributed by atoms with Crippen LogP contribution in [0, 0.1) is 0 Å². The molecule has 0 atom stereocenters. The van der Waals surface area contributed by atoms with Gasteiger partial charge in [-0.15, -0.1) is 21.5 Å². The normalized spacial score (nSPS) is 11.2. The molecule has 1 aromatic carbocycles. The Morgan fingerprint density at radius 3 is 2.76 bits per heavy atom. The molecular weight excluding hydrogens is 374 g/mol. The lowest BCUT2D eigenvalue weighted by Crippen LogP contribution is -2.23. The number of benzene rings is 1. The first-order chi connectivity index (χ1) is 12.1. The molecule has 0 aliphatic carbocycles. The van der Waals surface area contributed by atoms with Crippen LogP contribution in [0.25, 0.3) is 10.2 Å². The van der Waals surface area contributed by atoms with E-state index >= 15 is 0 Å². The molecule has 25 heavy (non-hydrogen) atoms. The largest absolute Gasteiger partial charge is 0.348 e. The molecule has 0 bridgehead atoms. The molecule has 0 unspecified atom stereocenters. The smallest absolute Gasteiger partial charge is 0.232 e. The minimum absolute atomic E-state index is 0.0704. The van der Waals surface area contributed by atoms with Crippen LogP contribution in [-0.4, -0.2) is 50.4 Å². The van der Waals surface area contributed by atoms with Gasteiger partial charge in [0.15, 0.2) is 9.50 Å². The Hall–Kier alpha value is -1.58. The molecule has 9 heteroatoms. The third-order valence-electron chi connectivity index (χ3n) is 3.53. The molecular formula is C16H19N5OS3. The number of carbonyl (C=O) groups excluding carboxylic acids is 1. The molecule has 6 nitrogen and oxygen atoms in total. The maximum atomic E-state index is 11.8. The fourth-order valence-corrected chi connectivity index (χ4v) is 5.15. The van der Waals surface area contributed by atoms with Crippen LogP contribution in [0.2, 0.25) is 0 Å². The second kappa shape index (κ2) is 8.20. The summed E-state index contributed by atoms with van der Waals surface area (Å²) in [7, 11) is 3.51. The van der Waals surface area contributed by atoms with Crippen molar-refractivity contribution < 1.29 is 4.79 Å². The van der Waals surface area contributed by atoms with Crippen molar-refractivity contribution >= 4 is 51.0 Å². The van der Waals surface area contributed by atoms with Gasteiger partial charge in [-0.2, -0.15) is 0 Å². The minimum atomic E-state index is 0.0704. The van der Waals surface area contributed by atoms with E-state index in [0.29, 0.717) is 11.5 Å². The number of amides is 1. The number of carbonyl (C=O) groups is 1. The fraction of sp³-hybridized carbons (Fsp3) is 0.375. The summed E-state index contributed by atoms with van der Waals surface area (Å²) in [4.78, 5) is 18.0. The number of thiazole rings is 1. The van der Waals surface area contributed by atoms with Crippen LogP contribution < -0.4 is 0 Å². The second-order valence-corrected chi connectivity index (χ2v) is 8.65. The van der Waals surface area contributed by atoms with Gasteiger partial charge in [-0.25, -0.2) is 4.98 Å². The van der Waals surface area contributed by atoms with E-state index < -0.39 is 0 Å². The molecule has 0 fully saturated rings. The summed E-state index contributed by atoms with van der Waals surface area (Å²) in [5.41, 5.74) is 1.03. The second-order valence-electron chi connectivity index (χ2n) is 5.46. The highest BCUT2D eigenvalue weighted by Crippen LogP contribution is 2.31. The predicted octanol–water partition coefficient (Wildman–Crippen LogP) is 3.38. The molecule has 132 valence electrons. The Bertz CT molecular complexity index is 841. The van der Waals surface area contributed by atoms with E-state index in [9.17, 15) is 4.79 Å². The minimum Gasteiger partial charge on any atom is -0.348 e. The topological polar surface area (TPSA) is 63.9 Å². The number of para-hydroxylation sites is 1. The summed E-state index contributed by atoms with van der Waals surface area (Å²) in [5, 5.41) is 9.34. The molecule has 2 aromatic heterocycles. The number of fused-ring (bicyclic) bond motifs is 1. The number of thioether (sulfide) groups is 2. The van der Waals surface area contributed by atoms with Crippen molar-refractivity contribution in [2.75, 3.05) is 19.8 Å². The summed E-state index contributed by atoms with van der Waals surface area (Å²) in [5.74, 6) is 2.06. The van der Waals surface area contributed by atoms with Gasteiger partial charge >= 0.3 is 0 Å². The highest BCUT2D eigenvalue weighted by Gasteiger charge is 2.15. The molecule has 3 aromatic rings. The third kappa shape index (κ3) is 4.34. The van der Waals surface area contributed by atoms with E-state index in [4.69, 9.17) is 0 Å². The Balaban J connectivity index is 1.67. The molecule has 0 radical (unpaired) electrons. The van der Waals surface area contributed by atoms with E-state index in [2.05, 4.69) is 32.7 Å². The zero-order valence-electron chi connectivity index (χ0n) is 14.3. The van der Waals surface area contributed by atoms with Crippen LogP contribution in [0.5, 0.6) is 0 Å². The van der Waals surface area contributed by atoms with E-state index in [0.717, 1.165) is 27.4 Å². The quantitative estimate of drug-likeness (QED) is 0.574. The zero-order chi connectivity index (χ0) is 17.8. The lowest BCUT2D eigenvalue weighted by molar-refractivity contribution is -0.125. The molecule has 0 spiro atoms. The molecule has 2 heterocycles. The van der Waals surface area contributed by atoms with E-state index in [-0.39, 0.29) is 5.91 Å². The molecule has 1 amide bonds. The van der Waals surface area contributed by atoms with Crippen LogP contribution in [0.1, 0.15) is 12.7 Å². The van der Waals surface area contributed by atoms with Crippen molar-refractivity contribution in [3.8, 4) is 0 Å². The highest BCUT2D eigenvalue weighted by atomic mass is 32.2. The first kappa shape index (κ1) is 18.2. The molecule has 0 aliphatic rings. The predicted molar refractivity (Wildman–Crippen MR) is 104 cm³/mol. The zero-order valence-corrected chi connectivity index (χ0v) is 16.7. The van der Waals surface area contributed by atoms with Crippen molar-refractivity contribution in [3.05, 3.63) is 30.1 Å².